The first-order chi connectivity index (χ1) is 9.87. The zero-order valence-corrected chi connectivity index (χ0v) is 13.7. The Bertz CT molecular complexity index is 655. The van der Waals surface area contributed by atoms with Gasteiger partial charge in [0.2, 0.25) is 5.91 Å². The van der Waals surface area contributed by atoms with E-state index in [4.69, 9.17) is 22.7 Å². The topological polar surface area (TPSA) is 102 Å². The largest absolute Gasteiger partial charge is 0.389 e. The lowest BCUT2D eigenvalue weighted by Crippen LogP contribution is -2.55. The Morgan fingerprint density at radius 2 is 2.29 bits per heavy atom. The van der Waals surface area contributed by atoms with Crippen LogP contribution in [-0.2, 0) is 19.6 Å². The minimum absolute atomic E-state index is 0.0342. The van der Waals surface area contributed by atoms with Crippen LogP contribution in [0.4, 0.5) is 0 Å². The Hall–Kier alpha value is -1.07. The van der Waals surface area contributed by atoms with Crippen LogP contribution >= 0.6 is 23.6 Å². The van der Waals surface area contributed by atoms with E-state index in [0.717, 1.165) is 15.6 Å². The van der Waals surface area contributed by atoms with Gasteiger partial charge in [-0.05, 0) is 12.1 Å². The smallest absolute Gasteiger partial charge is 0.253 e. The second kappa shape index (κ2) is 6.36. The van der Waals surface area contributed by atoms with Gasteiger partial charge in [0.1, 0.15) is 15.2 Å². The first-order valence-corrected chi connectivity index (χ1v) is 8.75. The zero-order chi connectivity index (χ0) is 15.6. The third-order valence-corrected chi connectivity index (χ3v) is 6.86. The molecule has 0 spiro atoms. The van der Waals surface area contributed by atoms with Crippen molar-refractivity contribution < 1.29 is 17.9 Å². The molecule has 116 valence electrons. The van der Waals surface area contributed by atoms with Gasteiger partial charge < -0.3 is 15.8 Å². The van der Waals surface area contributed by atoms with Gasteiger partial charge in [-0.3, -0.25) is 4.79 Å². The van der Waals surface area contributed by atoms with E-state index in [-0.39, 0.29) is 29.0 Å². The van der Waals surface area contributed by atoms with Gasteiger partial charge in [0.25, 0.3) is 10.0 Å². The van der Waals surface area contributed by atoms with Crippen molar-refractivity contribution in [3.63, 3.8) is 0 Å². The highest BCUT2D eigenvalue weighted by atomic mass is 32.2. The normalized spacial score (nSPS) is 20.1. The summed E-state index contributed by atoms with van der Waals surface area (Å²) >= 11 is 5.83. The predicted octanol–water partition coefficient (Wildman–Crippen LogP) is -0.482. The van der Waals surface area contributed by atoms with Crippen LogP contribution in [0.15, 0.2) is 16.3 Å². The molecule has 1 fully saturated rings. The van der Waals surface area contributed by atoms with E-state index >= 15 is 0 Å². The molecule has 0 radical (unpaired) electrons. The predicted molar refractivity (Wildman–Crippen MR) is 82.8 cm³/mol. The van der Waals surface area contributed by atoms with Crippen molar-refractivity contribution >= 4 is 44.5 Å². The highest BCUT2D eigenvalue weighted by molar-refractivity contribution is 7.91. The third kappa shape index (κ3) is 3.24. The Morgan fingerprint density at radius 3 is 2.86 bits per heavy atom. The van der Waals surface area contributed by atoms with Crippen molar-refractivity contribution in [3.8, 4) is 0 Å². The molecule has 0 bridgehead atoms. The van der Waals surface area contributed by atoms with Gasteiger partial charge in [0, 0.05) is 13.6 Å². The van der Waals surface area contributed by atoms with E-state index in [1.54, 1.807) is 6.07 Å². The first-order valence-electron chi connectivity index (χ1n) is 6.08. The number of sulfonamides is 1. The second-order valence-electron chi connectivity index (χ2n) is 4.30. The summed E-state index contributed by atoms with van der Waals surface area (Å²) in [6.07, 6.45) is 0. The molecular weight excluding hydrogens is 334 g/mol. The standard InChI is InChI=1S/C11H15N3O4S3/c1-13-11(15)7-6-18-5-4-14(7)21(16,17)9-3-2-8(20-9)10(12)19/h2-3,7H,4-6H2,1H3,(H2,12,19)(H,13,15). The highest BCUT2D eigenvalue weighted by Crippen LogP contribution is 2.27. The maximum atomic E-state index is 12.7. The number of thiophene rings is 1. The van der Waals surface area contributed by atoms with Gasteiger partial charge >= 0.3 is 0 Å². The number of nitrogens with one attached hydrogen (secondary N) is 1. The van der Waals surface area contributed by atoms with Crippen molar-refractivity contribution in [2.75, 3.05) is 26.8 Å². The maximum absolute atomic E-state index is 12.7. The third-order valence-electron chi connectivity index (χ3n) is 3.02. The average Bonchev–Trinajstić information content (AvgIpc) is 2.97. The van der Waals surface area contributed by atoms with Crippen LogP contribution in [0.3, 0.4) is 0 Å². The quantitative estimate of drug-likeness (QED) is 0.712. The molecule has 1 atom stereocenters. The fraction of sp³-hybridized carbons (Fsp3) is 0.455. The number of morpholine rings is 1. The molecule has 1 aromatic heterocycles. The molecular formula is C11H15N3O4S3. The lowest BCUT2D eigenvalue weighted by molar-refractivity contribution is -0.128. The van der Waals surface area contributed by atoms with Crippen LogP contribution in [0, 0.1) is 0 Å². The van der Waals surface area contributed by atoms with Crippen LogP contribution in [0.2, 0.25) is 0 Å². The molecule has 2 heterocycles. The number of amides is 1. The van der Waals surface area contributed by atoms with Crippen molar-refractivity contribution in [2.45, 2.75) is 10.3 Å². The summed E-state index contributed by atoms with van der Waals surface area (Å²) in [6, 6.07) is 2.14. The molecule has 1 aliphatic heterocycles. The number of hydrogen-bond acceptors (Lipinski definition) is 6. The summed E-state index contributed by atoms with van der Waals surface area (Å²) in [5.74, 6) is -0.399. The SMILES string of the molecule is CNC(=O)C1COCCN1S(=O)(=O)c1ccc(C(N)=S)s1. The van der Waals surface area contributed by atoms with Gasteiger partial charge in [-0.25, -0.2) is 8.42 Å². The molecule has 0 aromatic carbocycles. The fourth-order valence-electron chi connectivity index (χ4n) is 1.96. The minimum atomic E-state index is -3.78. The fourth-order valence-corrected chi connectivity index (χ4v) is 4.99. The number of ether oxygens (including phenoxy) is 1. The van der Waals surface area contributed by atoms with Gasteiger partial charge in [-0.2, -0.15) is 4.31 Å². The molecule has 3 N–H and O–H groups in total. The van der Waals surface area contributed by atoms with Crippen LogP contribution in [0.25, 0.3) is 0 Å². The maximum Gasteiger partial charge on any atom is 0.253 e. The van der Waals surface area contributed by atoms with Crippen molar-refractivity contribution in [2.24, 2.45) is 5.73 Å². The molecule has 0 saturated carbocycles. The van der Waals surface area contributed by atoms with Gasteiger partial charge in [0.05, 0.1) is 18.1 Å². The van der Waals surface area contributed by atoms with Gasteiger partial charge in [-0.1, -0.05) is 12.2 Å². The molecule has 1 amide bonds. The lowest BCUT2D eigenvalue weighted by atomic mass is 10.2. The van der Waals surface area contributed by atoms with Crippen LogP contribution in [-0.4, -0.2) is 56.5 Å². The summed E-state index contributed by atoms with van der Waals surface area (Å²) in [6.45, 7) is 0.410. The Labute approximate surface area is 132 Å². The van der Waals surface area contributed by atoms with Crippen molar-refractivity contribution in [3.05, 3.63) is 17.0 Å². The number of carbonyl (C=O) groups is 1. The number of nitrogens with zero attached hydrogens (tertiary/aromatic N) is 1. The summed E-state index contributed by atoms with van der Waals surface area (Å²) in [5, 5.41) is 2.45. The molecule has 1 aliphatic rings. The second-order valence-corrected chi connectivity index (χ2v) is 7.94. The molecule has 2 rings (SSSR count). The Balaban J connectivity index is 2.35. The molecule has 1 saturated heterocycles. The summed E-state index contributed by atoms with van der Waals surface area (Å²) in [5.41, 5.74) is 5.50. The number of hydrogen-bond donors (Lipinski definition) is 2. The summed E-state index contributed by atoms with van der Waals surface area (Å²) in [7, 11) is -2.33. The van der Waals surface area contributed by atoms with E-state index in [1.807, 2.05) is 0 Å². The molecule has 0 aliphatic carbocycles. The Morgan fingerprint density at radius 1 is 1.57 bits per heavy atom. The van der Waals surface area contributed by atoms with E-state index < -0.39 is 22.0 Å². The monoisotopic (exact) mass is 349 g/mol. The first kappa shape index (κ1) is 16.3. The number of rotatable bonds is 4. The van der Waals surface area contributed by atoms with E-state index in [0.29, 0.717) is 4.88 Å². The molecule has 1 aromatic rings. The average molecular weight is 349 g/mol. The van der Waals surface area contributed by atoms with Crippen LogP contribution in [0.1, 0.15) is 4.88 Å². The number of carbonyl (C=O) groups excluding carboxylic acids is 1. The number of likely N-dealkylation sites (N-methyl/N-ethyl adjacent to an activating group) is 1. The van der Waals surface area contributed by atoms with Gasteiger partial charge in [-0.15, -0.1) is 11.3 Å². The molecule has 7 nitrogen and oxygen atoms in total. The Kier molecular flexibility index (Phi) is 4.94. The van der Waals surface area contributed by atoms with E-state index in [2.05, 4.69) is 5.32 Å². The van der Waals surface area contributed by atoms with E-state index in [9.17, 15) is 13.2 Å². The highest BCUT2D eigenvalue weighted by Gasteiger charge is 2.38. The number of nitrogens with two attached hydrogens (primary N) is 1. The molecule has 1 unspecified atom stereocenters. The molecule has 21 heavy (non-hydrogen) atoms. The lowest BCUT2D eigenvalue weighted by Gasteiger charge is -2.32. The van der Waals surface area contributed by atoms with Crippen LogP contribution in [0.5, 0.6) is 0 Å². The molecule has 10 heteroatoms. The minimum Gasteiger partial charge on any atom is -0.389 e. The van der Waals surface area contributed by atoms with Crippen LogP contribution < -0.4 is 11.1 Å². The van der Waals surface area contributed by atoms with Crippen molar-refractivity contribution in [1.29, 1.82) is 0 Å². The summed E-state index contributed by atoms with van der Waals surface area (Å²) < 4.78 is 31.8. The number of thiocarbonyl (C=S) groups is 1. The van der Waals surface area contributed by atoms with Gasteiger partial charge in [0.15, 0.2) is 0 Å². The summed E-state index contributed by atoms with van der Waals surface area (Å²) in [4.78, 5) is 12.5. The van der Waals surface area contributed by atoms with Crippen molar-refractivity contribution in [1.82, 2.24) is 9.62 Å². The zero-order valence-electron chi connectivity index (χ0n) is 11.2. The van der Waals surface area contributed by atoms with E-state index in [1.165, 1.54) is 13.1 Å².